The number of methoxy groups -OCH3 is 1. The molecule has 2 aromatic carbocycles. The van der Waals surface area contributed by atoms with Crippen LogP contribution < -0.4 is 14.8 Å². The minimum Gasteiger partial charge on any atom is -0.492 e. The molecule has 1 aliphatic rings. The number of benzene rings is 2. The zero-order valence-corrected chi connectivity index (χ0v) is 18.3. The highest BCUT2D eigenvalue weighted by Gasteiger charge is 2.24. The fraction of sp³-hybridized carbons (Fsp3) is 0.158. The second-order valence-corrected chi connectivity index (χ2v) is 8.05. The molecule has 0 radical (unpaired) electrons. The van der Waals surface area contributed by atoms with Gasteiger partial charge < -0.3 is 14.8 Å². The van der Waals surface area contributed by atoms with Gasteiger partial charge in [-0.3, -0.25) is 4.79 Å². The van der Waals surface area contributed by atoms with Gasteiger partial charge in [0.25, 0.3) is 5.91 Å². The van der Waals surface area contributed by atoms with Crippen molar-refractivity contribution in [2.45, 2.75) is 6.92 Å². The van der Waals surface area contributed by atoms with E-state index in [0.717, 1.165) is 14.8 Å². The molecule has 1 amide bonds. The molecular formula is C19H16ClIN2O3S. The van der Waals surface area contributed by atoms with E-state index >= 15 is 0 Å². The van der Waals surface area contributed by atoms with E-state index in [0.29, 0.717) is 33.2 Å². The van der Waals surface area contributed by atoms with Gasteiger partial charge in [0.05, 0.1) is 27.9 Å². The number of amides is 1. The fourth-order valence-electron chi connectivity index (χ4n) is 2.40. The number of thioether (sulfide) groups is 1. The predicted octanol–water partition coefficient (Wildman–Crippen LogP) is 5.24. The second kappa shape index (κ2) is 8.99. The first-order chi connectivity index (χ1) is 13.0. The van der Waals surface area contributed by atoms with Gasteiger partial charge in [0, 0.05) is 5.02 Å². The van der Waals surface area contributed by atoms with Gasteiger partial charge in [0.1, 0.15) is 0 Å². The highest BCUT2D eigenvalue weighted by Crippen LogP contribution is 2.36. The van der Waals surface area contributed by atoms with Crippen molar-refractivity contribution in [1.82, 2.24) is 5.32 Å². The second-order valence-electron chi connectivity index (χ2n) is 5.43. The molecule has 27 heavy (non-hydrogen) atoms. The summed E-state index contributed by atoms with van der Waals surface area (Å²) in [5.41, 5.74) is 1.58. The van der Waals surface area contributed by atoms with E-state index in [-0.39, 0.29) is 5.91 Å². The van der Waals surface area contributed by atoms with Crippen LogP contribution in [0.1, 0.15) is 12.5 Å². The van der Waals surface area contributed by atoms with E-state index in [9.17, 15) is 4.79 Å². The van der Waals surface area contributed by atoms with Crippen LogP contribution >= 0.6 is 46.0 Å². The SMILES string of the molecule is CCOc1cc(/C=C2\SC(=Nc3ccc(Cl)cc3)NC2=O)cc(I)c1OC. The van der Waals surface area contributed by atoms with E-state index in [1.165, 1.54) is 11.8 Å². The van der Waals surface area contributed by atoms with Gasteiger partial charge in [-0.15, -0.1) is 0 Å². The first-order valence-corrected chi connectivity index (χ1v) is 10.3. The van der Waals surface area contributed by atoms with Crippen molar-refractivity contribution in [2.24, 2.45) is 4.99 Å². The number of aliphatic imine (C=N–C) groups is 1. The molecule has 1 aliphatic heterocycles. The molecule has 0 unspecified atom stereocenters. The average Bonchev–Trinajstić information content (AvgIpc) is 2.96. The minimum atomic E-state index is -0.184. The maximum Gasteiger partial charge on any atom is 0.264 e. The summed E-state index contributed by atoms with van der Waals surface area (Å²) in [6, 6.07) is 10.9. The molecule has 0 aromatic heterocycles. The predicted molar refractivity (Wildman–Crippen MR) is 119 cm³/mol. The van der Waals surface area contributed by atoms with Gasteiger partial charge in [0.15, 0.2) is 16.7 Å². The number of rotatable bonds is 5. The fourth-order valence-corrected chi connectivity index (χ4v) is 4.21. The van der Waals surface area contributed by atoms with Crippen molar-refractivity contribution >= 4 is 68.8 Å². The standard InChI is InChI=1S/C19H16ClIN2O3S/c1-3-26-15-9-11(8-14(21)17(15)25-2)10-16-18(24)23-19(27-16)22-13-6-4-12(20)5-7-13/h4-10H,3H2,1-2H3,(H,22,23,24)/b16-10-. The smallest absolute Gasteiger partial charge is 0.264 e. The molecule has 0 spiro atoms. The molecule has 5 nitrogen and oxygen atoms in total. The van der Waals surface area contributed by atoms with Gasteiger partial charge in [0.2, 0.25) is 0 Å². The zero-order valence-electron chi connectivity index (χ0n) is 14.6. The Balaban J connectivity index is 1.87. The van der Waals surface area contributed by atoms with Gasteiger partial charge in [-0.25, -0.2) is 4.99 Å². The third kappa shape index (κ3) is 4.97. The Morgan fingerprint density at radius 1 is 1.30 bits per heavy atom. The Morgan fingerprint density at radius 2 is 2.04 bits per heavy atom. The van der Waals surface area contributed by atoms with Gasteiger partial charge >= 0.3 is 0 Å². The average molecular weight is 515 g/mol. The van der Waals surface area contributed by atoms with Gasteiger partial charge in [-0.1, -0.05) is 11.6 Å². The molecule has 0 bridgehead atoms. The number of nitrogens with zero attached hydrogens (tertiary/aromatic N) is 1. The zero-order chi connectivity index (χ0) is 19.4. The first kappa shape index (κ1) is 20.0. The molecule has 2 aromatic rings. The molecule has 0 atom stereocenters. The highest BCUT2D eigenvalue weighted by molar-refractivity contribution is 14.1. The third-order valence-electron chi connectivity index (χ3n) is 3.54. The lowest BCUT2D eigenvalue weighted by Crippen LogP contribution is -2.19. The molecule has 0 aliphatic carbocycles. The van der Waals surface area contributed by atoms with E-state index in [1.54, 1.807) is 31.4 Å². The maximum absolute atomic E-state index is 12.3. The number of carbonyl (C=O) groups excluding carboxylic acids is 1. The van der Waals surface area contributed by atoms with Crippen LogP contribution in [0.4, 0.5) is 5.69 Å². The van der Waals surface area contributed by atoms with Crippen LogP contribution in [0.2, 0.25) is 5.02 Å². The summed E-state index contributed by atoms with van der Waals surface area (Å²) in [4.78, 5) is 17.3. The molecule has 140 valence electrons. The van der Waals surface area contributed by atoms with Crippen LogP contribution in [-0.4, -0.2) is 24.8 Å². The Labute approximate surface area is 180 Å². The van der Waals surface area contributed by atoms with Crippen molar-refractivity contribution in [3.05, 3.63) is 55.5 Å². The summed E-state index contributed by atoms with van der Waals surface area (Å²) in [5, 5.41) is 3.95. The number of nitrogens with one attached hydrogen (secondary N) is 1. The molecule has 0 saturated carbocycles. The van der Waals surface area contributed by atoms with Crippen LogP contribution in [0.5, 0.6) is 11.5 Å². The largest absolute Gasteiger partial charge is 0.492 e. The van der Waals surface area contributed by atoms with Gasteiger partial charge in [-0.05, 0) is 89.3 Å². The summed E-state index contributed by atoms with van der Waals surface area (Å²) in [6.07, 6.45) is 1.81. The number of ether oxygens (including phenoxy) is 2. The normalized spacial score (nSPS) is 16.7. The quantitative estimate of drug-likeness (QED) is 0.438. The van der Waals surface area contributed by atoms with E-state index in [2.05, 4.69) is 32.9 Å². The van der Waals surface area contributed by atoms with Crippen LogP contribution in [0.25, 0.3) is 6.08 Å². The summed E-state index contributed by atoms with van der Waals surface area (Å²) in [7, 11) is 1.61. The summed E-state index contributed by atoms with van der Waals surface area (Å²) >= 11 is 9.36. The van der Waals surface area contributed by atoms with Crippen molar-refractivity contribution in [2.75, 3.05) is 13.7 Å². The lowest BCUT2D eigenvalue weighted by atomic mass is 10.2. The molecule has 1 N–H and O–H groups in total. The monoisotopic (exact) mass is 514 g/mol. The third-order valence-corrected chi connectivity index (χ3v) is 5.50. The van der Waals surface area contributed by atoms with Crippen LogP contribution in [0.15, 0.2) is 46.3 Å². The van der Waals surface area contributed by atoms with Crippen molar-refractivity contribution < 1.29 is 14.3 Å². The maximum atomic E-state index is 12.3. The van der Waals surface area contributed by atoms with Gasteiger partial charge in [-0.2, -0.15) is 0 Å². The highest BCUT2D eigenvalue weighted by atomic mass is 127. The number of amidine groups is 1. The Kier molecular flexibility index (Phi) is 6.67. The van der Waals surface area contributed by atoms with E-state index in [4.69, 9.17) is 21.1 Å². The summed E-state index contributed by atoms with van der Waals surface area (Å²) < 4.78 is 12.0. The Hall–Kier alpha value is -1.71. The number of hydrogen-bond acceptors (Lipinski definition) is 5. The van der Waals surface area contributed by atoms with Crippen molar-refractivity contribution in [1.29, 1.82) is 0 Å². The molecule has 1 saturated heterocycles. The lowest BCUT2D eigenvalue weighted by molar-refractivity contribution is -0.115. The van der Waals surface area contributed by atoms with Crippen LogP contribution in [-0.2, 0) is 4.79 Å². The number of carbonyl (C=O) groups is 1. The number of halogens is 2. The number of hydrogen-bond donors (Lipinski definition) is 1. The molecule has 3 rings (SSSR count). The summed E-state index contributed by atoms with van der Waals surface area (Å²) in [5.74, 6) is 1.15. The van der Waals surface area contributed by atoms with E-state index < -0.39 is 0 Å². The lowest BCUT2D eigenvalue weighted by Gasteiger charge is -2.12. The Morgan fingerprint density at radius 3 is 2.70 bits per heavy atom. The topological polar surface area (TPSA) is 59.9 Å². The Bertz CT molecular complexity index is 929. The molecule has 1 fully saturated rings. The molecule has 1 heterocycles. The molecule has 8 heteroatoms. The van der Waals surface area contributed by atoms with Crippen molar-refractivity contribution in [3.8, 4) is 11.5 Å². The van der Waals surface area contributed by atoms with E-state index in [1.807, 2.05) is 25.1 Å². The summed E-state index contributed by atoms with van der Waals surface area (Å²) in [6.45, 7) is 2.44. The minimum absolute atomic E-state index is 0.184. The van der Waals surface area contributed by atoms with Crippen molar-refractivity contribution in [3.63, 3.8) is 0 Å². The van der Waals surface area contributed by atoms with Crippen LogP contribution in [0, 0.1) is 3.57 Å². The first-order valence-electron chi connectivity index (χ1n) is 8.05. The van der Waals surface area contributed by atoms with Crippen LogP contribution in [0.3, 0.4) is 0 Å². The molecular weight excluding hydrogens is 499 g/mol.